The van der Waals surface area contributed by atoms with Crippen molar-refractivity contribution >= 4 is 5.78 Å². The van der Waals surface area contributed by atoms with Crippen molar-refractivity contribution in [1.82, 2.24) is 29.9 Å². The van der Waals surface area contributed by atoms with E-state index in [1.807, 2.05) is 206 Å². The SMILES string of the molecule is O=C(c1ccccc1-c1cccc(-c2cccc(-c3nc(-c4ccccc4)nc(-c4ccccc4)n3)c2)c1)c1ccccc1-c1cccc(-c2cccc(-c3nc(-c4ccccc4)nc(-c4ccccc4)n3)c2)c1. The molecule has 0 amide bonds. The molecule has 12 aromatic rings. The third-order valence-electron chi connectivity index (χ3n) is 13.0. The van der Waals surface area contributed by atoms with E-state index < -0.39 is 0 Å². The lowest BCUT2D eigenvalue weighted by Gasteiger charge is -2.14. The molecule has 0 saturated carbocycles. The van der Waals surface area contributed by atoms with Gasteiger partial charge in [-0.25, -0.2) is 29.9 Å². The van der Waals surface area contributed by atoms with Gasteiger partial charge >= 0.3 is 0 Å². The molecule has 7 heteroatoms. The van der Waals surface area contributed by atoms with Crippen LogP contribution in [0, 0.1) is 0 Å². The fraction of sp³-hybridized carbons (Fsp3) is 0. The van der Waals surface area contributed by atoms with Crippen molar-refractivity contribution in [3.05, 3.63) is 278 Å². The van der Waals surface area contributed by atoms with Crippen LogP contribution in [0.5, 0.6) is 0 Å². The highest BCUT2D eigenvalue weighted by Crippen LogP contribution is 2.36. The predicted molar refractivity (Wildman–Crippen MR) is 297 cm³/mol. The number of ketones is 1. The molecule has 0 aliphatic rings. The Balaban J connectivity index is 0.855. The minimum absolute atomic E-state index is 0.0625. The minimum Gasteiger partial charge on any atom is -0.289 e. The molecule has 12 rings (SSSR count). The summed E-state index contributed by atoms with van der Waals surface area (Å²) in [5.41, 5.74) is 14.2. The first kappa shape index (κ1) is 45.1. The minimum atomic E-state index is -0.0625. The van der Waals surface area contributed by atoms with E-state index in [9.17, 15) is 0 Å². The summed E-state index contributed by atoms with van der Waals surface area (Å²) in [6.45, 7) is 0. The van der Waals surface area contributed by atoms with Crippen LogP contribution in [0.2, 0.25) is 0 Å². The summed E-state index contributed by atoms with van der Waals surface area (Å²) in [6.07, 6.45) is 0. The normalized spacial score (nSPS) is 11.0. The molecular formula is C67H44N6O. The number of hydrogen-bond donors (Lipinski definition) is 0. The van der Waals surface area contributed by atoms with Gasteiger partial charge in [0.05, 0.1) is 0 Å². The van der Waals surface area contributed by atoms with Crippen LogP contribution in [0.25, 0.3) is 113 Å². The lowest BCUT2D eigenvalue weighted by atomic mass is 9.88. The van der Waals surface area contributed by atoms with Crippen LogP contribution < -0.4 is 0 Å². The van der Waals surface area contributed by atoms with Gasteiger partial charge in [-0.1, -0.05) is 243 Å². The molecule has 10 aromatic carbocycles. The molecular weight excluding hydrogens is 905 g/mol. The molecule has 0 atom stereocenters. The third-order valence-corrected chi connectivity index (χ3v) is 13.0. The van der Waals surface area contributed by atoms with Crippen LogP contribution >= 0.6 is 0 Å². The zero-order valence-corrected chi connectivity index (χ0v) is 40.0. The standard InChI is InChI=1S/C67H44N6O/c74-61(59-39-15-13-37-57(59)53-33-17-29-49(41-53)51-31-19-35-55(43-51)66-70-62(45-21-5-1-6-22-45)68-63(71-66)46-23-7-2-8-24-46)60-40-16-14-38-58(60)54-34-18-30-50(42-54)52-32-20-36-56(44-52)67-72-64(47-25-9-3-10-26-47)69-65(73-67)48-27-11-4-12-28-48/h1-44H. The van der Waals surface area contributed by atoms with E-state index in [0.717, 1.165) is 77.9 Å². The fourth-order valence-corrected chi connectivity index (χ4v) is 9.29. The largest absolute Gasteiger partial charge is 0.289 e. The summed E-state index contributed by atoms with van der Waals surface area (Å²) in [5.74, 6) is 3.53. The Morgan fingerprint density at radius 3 is 0.730 bits per heavy atom. The van der Waals surface area contributed by atoms with Gasteiger partial charge in [-0.2, -0.15) is 0 Å². The van der Waals surface area contributed by atoms with Gasteiger partial charge < -0.3 is 0 Å². The summed E-state index contributed by atoms with van der Waals surface area (Å²) in [6, 6.07) is 88.9. The van der Waals surface area contributed by atoms with E-state index >= 15 is 4.79 Å². The molecule has 0 aliphatic carbocycles. The van der Waals surface area contributed by atoms with E-state index in [-0.39, 0.29) is 5.78 Å². The zero-order valence-electron chi connectivity index (χ0n) is 40.0. The summed E-state index contributed by atoms with van der Waals surface area (Å²) < 4.78 is 0. The topological polar surface area (TPSA) is 94.4 Å². The van der Waals surface area contributed by atoms with Gasteiger partial charge in [0.2, 0.25) is 0 Å². The zero-order chi connectivity index (χ0) is 49.6. The van der Waals surface area contributed by atoms with Gasteiger partial charge in [0, 0.05) is 44.5 Å². The highest BCUT2D eigenvalue weighted by molar-refractivity contribution is 6.16. The van der Waals surface area contributed by atoms with Crippen molar-refractivity contribution in [3.63, 3.8) is 0 Å². The summed E-state index contributed by atoms with van der Waals surface area (Å²) >= 11 is 0. The number of benzene rings is 10. The first-order valence-corrected chi connectivity index (χ1v) is 24.5. The quantitative estimate of drug-likeness (QED) is 0.113. The fourth-order valence-electron chi connectivity index (χ4n) is 9.29. The maximum Gasteiger partial charge on any atom is 0.194 e. The molecule has 0 saturated heterocycles. The van der Waals surface area contributed by atoms with E-state index in [2.05, 4.69) is 60.7 Å². The number of aromatic nitrogens is 6. The van der Waals surface area contributed by atoms with Gasteiger partial charge in [-0.15, -0.1) is 0 Å². The number of carbonyl (C=O) groups is 1. The second-order valence-corrected chi connectivity index (χ2v) is 17.8. The summed E-state index contributed by atoms with van der Waals surface area (Å²) in [4.78, 5) is 44.7. The van der Waals surface area contributed by atoms with Gasteiger partial charge in [-0.3, -0.25) is 4.79 Å². The summed E-state index contributed by atoms with van der Waals surface area (Å²) in [5, 5.41) is 0. The van der Waals surface area contributed by atoms with Crippen LogP contribution in [0.3, 0.4) is 0 Å². The maximum absolute atomic E-state index is 15.0. The lowest BCUT2D eigenvalue weighted by molar-refractivity contribution is 0.104. The Hall–Kier alpha value is -10.1. The molecule has 74 heavy (non-hydrogen) atoms. The van der Waals surface area contributed by atoms with Gasteiger partial charge in [0.1, 0.15) is 0 Å². The molecule has 0 N–H and O–H groups in total. The van der Waals surface area contributed by atoms with Gasteiger partial charge in [-0.05, 0) is 68.8 Å². The van der Waals surface area contributed by atoms with E-state index in [4.69, 9.17) is 29.9 Å². The maximum atomic E-state index is 15.0. The van der Waals surface area contributed by atoms with Crippen LogP contribution in [0.15, 0.2) is 267 Å². The number of hydrogen-bond acceptors (Lipinski definition) is 7. The number of carbonyl (C=O) groups excluding carboxylic acids is 1. The molecule has 0 radical (unpaired) electrons. The van der Waals surface area contributed by atoms with Crippen LogP contribution in [0.4, 0.5) is 0 Å². The second kappa shape index (κ2) is 20.3. The van der Waals surface area contributed by atoms with Gasteiger partial charge in [0.15, 0.2) is 40.7 Å². The molecule has 0 unspecified atom stereocenters. The van der Waals surface area contributed by atoms with E-state index in [1.165, 1.54) is 0 Å². The highest BCUT2D eigenvalue weighted by atomic mass is 16.1. The highest BCUT2D eigenvalue weighted by Gasteiger charge is 2.20. The molecule has 0 spiro atoms. The predicted octanol–water partition coefficient (Wildman–Crippen LogP) is 16.0. The molecule has 2 aromatic heterocycles. The van der Waals surface area contributed by atoms with Crippen molar-refractivity contribution in [3.8, 4) is 113 Å². The lowest BCUT2D eigenvalue weighted by Crippen LogP contribution is -2.05. The van der Waals surface area contributed by atoms with Crippen molar-refractivity contribution in [2.45, 2.75) is 0 Å². The molecule has 7 nitrogen and oxygen atoms in total. The van der Waals surface area contributed by atoms with Crippen molar-refractivity contribution in [2.75, 3.05) is 0 Å². The molecule has 0 aliphatic heterocycles. The average Bonchev–Trinajstić information content (AvgIpc) is 3.49. The second-order valence-electron chi connectivity index (χ2n) is 17.8. The number of rotatable bonds is 12. The molecule has 2 heterocycles. The van der Waals surface area contributed by atoms with Crippen molar-refractivity contribution in [2.24, 2.45) is 0 Å². The Morgan fingerprint density at radius 2 is 0.419 bits per heavy atom. The summed E-state index contributed by atoms with van der Waals surface area (Å²) in [7, 11) is 0. The Labute approximate surface area is 429 Å². The first-order chi connectivity index (χ1) is 36.6. The Bertz CT molecular complexity index is 3600. The Morgan fingerprint density at radius 1 is 0.203 bits per heavy atom. The van der Waals surface area contributed by atoms with Crippen LogP contribution in [0.1, 0.15) is 15.9 Å². The third kappa shape index (κ3) is 9.44. The Kier molecular flexibility index (Phi) is 12.4. The average molecular weight is 949 g/mol. The molecule has 348 valence electrons. The monoisotopic (exact) mass is 948 g/mol. The van der Waals surface area contributed by atoms with E-state index in [0.29, 0.717) is 46.1 Å². The van der Waals surface area contributed by atoms with Crippen molar-refractivity contribution < 1.29 is 4.79 Å². The van der Waals surface area contributed by atoms with Gasteiger partial charge in [0.25, 0.3) is 0 Å². The molecule has 0 fully saturated rings. The smallest absolute Gasteiger partial charge is 0.194 e. The van der Waals surface area contributed by atoms with Crippen molar-refractivity contribution in [1.29, 1.82) is 0 Å². The number of nitrogens with zero attached hydrogens (tertiary/aromatic N) is 6. The first-order valence-electron chi connectivity index (χ1n) is 24.5. The van der Waals surface area contributed by atoms with Crippen LogP contribution in [-0.2, 0) is 0 Å². The molecule has 0 bridgehead atoms. The van der Waals surface area contributed by atoms with Crippen LogP contribution in [-0.4, -0.2) is 35.7 Å². The van der Waals surface area contributed by atoms with E-state index in [1.54, 1.807) is 0 Å².